The lowest BCUT2D eigenvalue weighted by Crippen LogP contribution is -2.53. The molecule has 0 atom stereocenters. The molecule has 1 saturated heterocycles. The number of piperazine rings is 1. The molecule has 0 saturated carbocycles. The van der Waals surface area contributed by atoms with E-state index in [1.165, 1.54) is 4.90 Å². The molecule has 0 radical (unpaired) electrons. The summed E-state index contributed by atoms with van der Waals surface area (Å²) in [6, 6.07) is 6.60. The topological polar surface area (TPSA) is 90.7 Å². The third kappa shape index (κ3) is 3.38. The van der Waals surface area contributed by atoms with Gasteiger partial charge in [-0.3, -0.25) is 9.48 Å². The molecule has 126 valence electrons. The van der Waals surface area contributed by atoms with Crippen LogP contribution in [0.5, 0.6) is 0 Å². The molecule has 3 amide bonds. The van der Waals surface area contributed by atoms with Gasteiger partial charge < -0.3 is 20.2 Å². The monoisotopic (exact) mass is 329 g/mol. The molecule has 2 heterocycles. The lowest BCUT2D eigenvalue weighted by molar-refractivity contribution is -0.120. The number of anilines is 2. The van der Waals surface area contributed by atoms with Gasteiger partial charge >= 0.3 is 6.03 Å². The molecular formula is C16H19N5O3. The van der Waals surface area contributed by atoms with Crippen molar-refractivity contribution in [1.82, 2.24) is 14.7 Å². The smallest absolute Gasteiger partial charge is 0.322 e. The minimum atomic E-state index is -0.314. The zero-order valence-electron chi connectivity index (χ0n) is 13.3. The predicted molar refractivity (Wildman–Crippen MR) is 88.5 cm³/mol. The summed E-state index contributed by atoms with van der Waals surface area (Å²) in [5.41, 5.74) is 2.13. The third-order valence-corrected chi connectivity index (χ3v) is 3.90. The first-order valence-electron chi connectivity index (χ1n) is 7.61. The van der Waals surface area contributed by atoms with Crippen LogP contribution in [-0.2, 0) is 18.4 Å². The highest BCUT2D eigenvalue weighted by Gasteiger charge is 2.28. The third-order valence-electron chi connectivity index (χ3n) is 3.90. The zero-order chi connectivity index (χ0) is 17.1. The van der Waals surface area contributed by atoms with Crippen molar-refractivity contribution in [3.63, 3.8) is 0 Å². The van der Waals surface area contributed by atoms with E-state index >= 15 is 0 Å². The van der Waals surface area contributed by atoms with Crippen molar-refractivity contribution in [1.29, 1.82) is 0 Å². The minimum Gasteiger partial charge on any atom is -0.392 e. The first-order valence-corrected chi connectivity index (χ1v) is 7.61. The van der Waals surface area contributed by atoms with Gasteiger partial charge in [0.2, 0.25) is 5.91 Å². The molecule has 2 N–H and O–H groups in total. The molecule has 0 unspecified atom stereocenters. The normalized spacial score (nSPS) is 14.8. The van der Waals surface area contributed by atoms with Crippen molar-refractivity contribution in [2.24, 2.45) is 7.05 Å². The van der Waals surface area contributed by atoms with Crippen molar-refractivity contribution >= 4 is 23.3 Å². The lowest BCUT2D eigenvalue weighted by atomic mass is 10.2. The van der Waals surface area contributed by atoms with Gasteiger partial charge in [-0.05, 0) is 17.7 Å². The van der Waals surface area contributed by atoms with E-state index in [2.05, 4.69) is 10.4 Å². The molecule has 1 fully saturated rings. The van der Waals surface area contributed by atoms with Crippen LogP contribution in [0, 0.1) is 0 Å². The first-order chi connectivity index (χ1) is 11.6. The maximum Gasteiger partial charge on any atom is 0.322 e. The lowest BCUT2D eigenvalue weighted by Gasteiger charge is -2.33. The molecule has 0 aliphatic carbocycles. The highest BCUT2D eigenvalue weighted by molar-refractivity contribution is 5.99. The van der Waals surface area contributed by atoms with E-state index in [9.17, 15) is 9.59 Å². The van der Waals surface area contributed by atoms with Gasteiger partial charge in [-0.15, -0.1) is 0 Å². The fraction of sp³-hybridized carbons (Fsp3) is 0.312. The number of amides is 3. The summed E-state index contributed by atoms with van der Waals surface area (Å²) in [5, 5.41) is 15.8. The number of carbonyl (C=O) groups is 2. The summed E-state index contributed by atoms with van der Waals surface area (Å²) in [4.78, 5) is 27.7. The number of nitrogens with zero attached hydrogens (tertiary/aromatic N) is 4. The Labute approximate surface area is 139 Å². The van der Waals surface area contributed by atoms with Gasteiger partial charge in [0.25, 0.3) is 0 Å². The SMILES string of the molecule is Cn1cc(N2CCN(C(=O)Nc3ccc(CO)cc3)CC2=O)cn1. The number of urea groups is 1. The van der Waals surface area contributed by atoms with E-state index in [-0.39, 0.29) is 25.1 Å². The average molecular weight is 329 g/mol. The summed E-state index contributed by atoms with van der Waals surface area (Å²) in [6.07, 6.45) is 3.41. The van der Waals surface area contributed by atoms with E-state index in [4.69, 9.17) is 5.11 Å². The minimum absolute atomic E-state index is 0.0233. The molecule has 1 aliphatic rings. The Morgan fingerprint density at radius 1 is 1.29 bits per heavy atom. The number of benzene rings is 1. The van der Waals surface area contributed by atoms with E-state index in [0.717, 1.165) is 11.3 Å². The molecule has 24 heavy (non-hydrogen) atoms. The summed E-state index contributed by atoms with van der Waals surface area (Å²) < 4.78 is 1.64. The molecule has 2 aromatic rings. The van der Waals surface area contributed by atoms with E-state index in [1.807, 2.05) is 0 Å². The Morgan fingerprint density at radius 3 is 2.62 bits per heavy atom. The molecule has 8 heteroatoms. The van der Waals surface area contributed by atoms with Crippen LogP contribution in [0.1, 0.15) is 5.56 Å². The molecule has 3 rings (SSSR count). The summed E-state index contributed by atoms with van der Waals surface area (Å²) in [7, 11) is 1.79. The Morgan fingerprint density at radius 2 is 2.04 bits per heavy atom. The number of aliphatic hydroxyl groups excluding tert-OH is 1. The molecule has 8 nitrogen and oxygen atoms in total. The van der Waals surface area contributed by atoms with Crippen LogP contribution < -0.4 is 10.2 Å². The molecule has 1 aromatic heterocycles. The van der Waals surface area contributed by atoms with E-state index < -0.39 is 0 Å². The number of nitrogens with one attached hydrogen (secondary N) is 1. The number of aromatic nitrogens is 2. The van der Waals surface area contributed by atoms with Crippen molar-refractivity contribution in [2.45, 2.75) is 6.61 Å². The fourth-order valence-corrected chi connectivity index (χ4v) is 2.56. The van der Waals surface area contributed by atoms with Gasteiger partial charge in [-0.1, -0.05) is 12.1 Å². The van der Waals surface area contributed by atoms with Crippen LogP contribution in [0.25, 0.3) is 0 Å². The first kappa shape index (κ1) is 16.0. The van der Waals surface area contributed by atoms with Crippen LogP contribution >= 0.6 is 0 Å². The number of carbonyl (C=O) groups excluding carboxylic acids is 2. The second-order valence-electron chi connectivity index (χ2n) is 5.62. The maximum absolute atomic E-state index is 12.3. The maximum atomic E-state index is 12.3. The Hall–Kier alpha value is -2.87. The van der Waals surface area contributed by atoms with Crippen molar-refractivity contribution in [3.05, 3.63) is 42.2 Å². The molecule has 0 bridgehead atoms. The van der Waals surface area contributed by atoms with Crippen molar-refractivity contribution in [3.8, 4) is 0 Å². The Kier molecular flexibility index (Phi) is 4.48. The molecule has 1 aromatic carbocycles. The average Bonchev–Trinajstić information content (AvgIpc) is 3.01. The fourth-order valence-electron chi connectivity index (χ4n) is 2.56. The van der Waals surface area contributed by atoms with Gasteiger partial charge in [0.15, 0.2) is 0 Å². The quantitative estimate of drug-likeness (QED) is 0.871. The van der Waals surface area contributed by atoms with Crippen LogP contribution in [0.4, 0.5) is 16.2 Å². The van der Waals surface area contributed by atoms with Gasteiger partial charge in [0.1, 0.15) is 6.54 Å². The van der Waals surface area contributed by atoms with Crippen molar-refractivity contribution < 1.29 is 14.7 Å². The van der Waals surface area contributed by atoms with Gasteiger partial charge in [0, 0.05) is 32.0 Å². The highest BCUT2D eigenvalue weighted by Crippen LogP contribution is 2.17. The van der Waals surface area contributed by atoms with Crippen LogP contribution in [-0.4, -0.2) is 51.4 Å². The number of aryl methyl sites for hydroxylation is 1. The summed E-state index contributed by atoms with van der Waals surface area (Å²) in [5.74, 6) is -0.139. The van der Waals surface area contributed by atoms with Gasteiger partial charge in [-0.2, -0.15) is 5.10 Å². The Bertz CT molecular complexity index is 740. The second kappa shape index (κ2) is 6.71. The number of hydrogen-bond donors (Lipinski definition) is 2. The van der Waals surface area contributed by atoms with Gasteiger partial charge in [0.05, 0.1) is 18.5 Å². The largest absolute Gasteiger partial charge is 0.392 e. The number of rotatable bonds is 3. The van der Waals surface area contributed by atoms with E-state index in [1.54, 1.807) is 53.3 Å². The van der Waals surface area contributed by atoms with Crippen LogP contribution in [0.3, 0.4) is 0 Å². The van der Waals surface area contributed by atoms with Crippen LogP contribution in [0.2, 0.25) is 0 Å². The summed E-state index contributed by atoms with van der Waals surface area (Å²) >= 11 is 0. The van der Waals surface area contributed by atoms with Crippen molar-refractivity contribution in [2.75, 3.05) is 29.9 Å². The predicted octanol–water partition coefficient (Wildman–Crippen LogP) is 0.793. The zero-order valence-corrected chi connectivity index (χ0v) is 13.3. The van der Waals surface area contributed by atoms with Gasteiger partial charge in [-0.25, -0.2) is 4.79 Å². The highest BCUT2D eigenvalue weighted by atomic mass is 16.3. The molecular weight excluding hydrogens is 310 g/mol. The molecule has 0 spiro atoms. The summed E-state index contributed by atoms with van der Waals surface area (Å²) in [6.45, 7) is 0.858. The van der Waals surface area contributed by atoms with Crippen LogP contribution in [0.15, 0.2) is 36.7 Å². The second-order valence-corrected chi connectivity index (χ2v) is 5.62. The Balaban J connectivity index is 1.60. The number of aliphatic hydroxyl groups is 1. The standard InChI is InChI=1S/C16H19N5O3/c1-19-9-14(8-17-19)21-7-6-20(10-15(21)23)16(24)18-13-4-2-12(11-22)3-5-13/h2-5,8-9,22H,6-7,10-11H2,1H3,(H,18,24). The number of hydrogen-bond acceptors (Lipinski definition) is 4. The van der Waals surface area contributed by atoms with E-state index in [0.29, 0.717) is 18.8 Å². The molecule has 1 aliphatic heterocycles.